The van der Waals surface area contributed by atoms with Crippen molar-refractivity contribution >= 4 is 40.3 Å². The molecule has 1 fully saturated rings. The Kier molecular flexibility index (Phi) is 7.12. The van der Waals surface area contributed by atoms with Crippen LogP contribution in [0.2, 0.25) is 0 Å². The molecular formula is C29H28N6O3S. The smallest absolute Gasteiger partial charge is 0.271 e. The number of hydrogen-bond acceptors (Lipinski definition) is 5. The first-order chi connectivity index (χ1) is 18.7. The topological polar surface area (TPSA) is 105 Å². The number of nitro benzene ring substituents is 1. The number of thiocarbonyl (C=S) groups is 1. The molecule has 5 rings (SSSR count). The first-order valence-electron chi connectivity index (χ1n) is 12.6. The maximum absolute atomic E-state index is 12.3. The van der Waals surface area contributed by atoms with Crippen LogP contribution < -0.4 is 15.5 Å². The molecule has 0 spiro atoms. The van der Waals surface area contributed by atoms with Gasteiger partial charge in [-0.2, -0.15) is 0 Å². The highest BCUT2D eigenvalue weighted by molar-refractivity contribution is 7.80. The summed E-state index contributed by atoms with van der Waals surface area (Å²) in [6.45, 7) is 5.65. The maximum Gasteiger partial charge on any atom is 0.271 e. The van der Waals surface area contributed by atoms with Crippen LogP contribution in [0.4, 0.5) is 17.1 Å². The van der Waals surface area contributed by atoms with E-state index in [9.17, 15) is 14.9 Å². The van der Waals surface area contributed by atoms with E-state index < -0.39 is 4.92 Å². The second-order valence-electron chi connectivity index (χ2n) is 9.72. The molecule has 10 heteroatoms. The summed E-state index contributed by atoms with van der Waals surface area (Å²) in [5.41, 5.74) is 4.88. The average Bonchev–Trinajstić information content (AvgIpc) is 3.54. The van der Waals surface area contributed by atoms with Crippen molar-refractivity contribution in [1.29, 1.82) is 0 Å². The lowest BCUT2D eigenvalue weighted by Gasteiger charge is -2.29. The second kappa shape index (κ2) is 10.7. The molecule has 1 aliphatic rings. The molecule has 2 aromatic heterocycles. The van der Waals surface area contributed by atoms with Crippen molar-refractivity contribution in [3.05, 3.63) is 112 Å². The lowest BCUT2D eigenvalue weighted by molar-refractivity contribution is -0.384. The van der Waals surface area contributed by atoms with Gasteiger partial charge in [0.1, 0.15) is 6.04 Å². The molecule has 9 nitrogen and oxygen atoms in total. The molecule has 1 aliphatic heterocycles. The van der Waals surface area contributed by atoms with E-state index in [-0.39, 0.29) is 29.6 Å². The molecule has 2 N–H and O–H groups in total. The van der Waals surface area contributed by atoms with E-state index in [4.69, 9.17) is 12.2 Å². The van der Waals surface area contributed by atoms with Gasteiger partial charge in [0.2, 0.25) is 5.91 Å². The fraction of sp³-hybridized carbons (Fsp3) is 0.207. The zero-order chi connectivity index (χ0) is 27.7. The summed E-state index contributed by atoms with van der Waals surface area (Å²) < 4.78 is 1.94. The lowest BCUT2D eigenvalue weighted by Crippen LogP contribution is -2.30. The van der Waals surface area contributed by atoms with Crippen molar-refractivity contribution in [3.8, 4) is 5.69 Å². The number of nitro groups is 1. The molecular weight excluding hydrogens is 512 g/mol. The van der Waals surface area contributed by atoms with Crippen LogP contribution in [-0.4, -0.2) is 25.5 Å². The SMILES string of the molecule is Cc1cc(N2C(=S)N[C@@H](c3ccccn3)[C@@H]2c2cccn2-c2cccc([N+](=O)[O-])c2)ccc1NC(=O)C(C)C. The Bertz CT molecular complexity index is 1550. The standard InChI is InChI=1S/C29H28N6O3S/c1-18(2)28(36)31-23-13-12-21(16-19(23)3)34-27(26(32-29(34)39)24-10-4-5-14-30-24)25-11-7-15-33(25)20-8-6-9-22(17-20)35(37)38/h4-18,26-27H,1-3H3,(H,31,36)(H,32,39)/t26-,27-/m0/s1. The number of anilines is 2. The molecule has 39 heavy (non-hydrogen) atoms. The van der Waals surface area contributed by atoms with Crippen LogP contribution in [0.5, 0.6) is 0 Å². The molecule has 198 valence electrons. The van der Waals surface area contributed by atoms with E-state index in [1.807, 2.05) is 91.0 Å². The van der Waals surface area contributed by atoms with Crippen LogP contribution in [0.1, 0.15) is 42.9 Å². The van der Waals surface area contributed by atoms with Gasteiger partial charge in [-0.3, -0.25) is 19.9 Å². The van der Waals surface area contributed by atoms with E-state index >= 15 is 0 Å². The summed E-state index contributed by atoms with van der Waals surface area (Å²) in [6.07, 6.45) is 3.63. The van der Waals surface area contributed by atoms with Gasteiger partial charge >= 0.3 is 0 Å². The zero-order valence-electron chi connectivity index (χ0n) is 21.7. The summed E-state index contributed by atoms with van der Waals surface area (Å²) in [4.78, 5) is 30.0. The second-order valence-corrected chi connectivity index (χ2v) is 10.1. The van der Waals surface area contributed by atoms with Crippen LogP contribution in [0.3, 0.4) is 0 Å². The third-order valence-electron chi connectivity index (χ3n) is 6.77. The summed E-state index contributed by atoms with van der Waals surface area (Å²) >= 11 is 5.86. The summed E-state index contributed by atoms with van der Waals surface area (Å²) in [5.74, 6) is -0.184. The van der Waals surface area contributed by atoms with Gasteiger partial charge in [0, 0.05) is 47.5 Å². The van der Waals surface area contributed by atoms with Crippen LogP contribution in [0, 0.1) is 23.0 Å². The number of aryl methyl sites for hydroxylation is 1. The maximum atomic E-state index is 12.3. The molecule has 0 radical (unpaired) electrons. The summed E-state index contributed by atoms with van der Waals surface area (Å²) in [7, 11) is 0. The number of non-ortho nitro benzene ring substituents is 1. The van der Waals surface area contributed by atoms with Crippen molar-refractivity contribution in [1.82, 2.24) is 14.9 Å². The van der Waals surface area contributed by atoms with Gasteiger partial charge in [0.05, 0.1) is 22.3 Å². The molecule has 0 bridgehead atoms. The minimum atomic E-state index is -0.398. The number of hydrogen-bond donors (Lipinski definition) is 2. The fourth-order valence-corrected chi connectivity index (χ4v) is 5.12. The molecule has 0 unspecified atom stereocenters. The zero-order valence-corrected chi connectivity index (χ0v) is 22.6. The van der Waals surface area contributed by atoms with Crippen LogP contribution in [0.25, 0.3) is 5.69 Å². The first-order valence-corrected chi connectivity index (χ1v) is 13.0. The van der Waals surface area contributed by atoms with Crippen LogP contribution >= 0.6 is 12.2 Å². The van der Waals surface area contributed by atoms with Crippen molar-refractivity contribution in [2.24, 2.45) is 5.92 Å². The number of nitrogens with one attached hydrogen (secondary N) is 2. The highest BCUT2D eigenvalue weighted by Gasteiger charge is 2.42. The van der Waals surface area contributed by atoms with Crippen LogP contribution in [0.15, 0.2) is 85.2 Å². The molecule has 2 atom stereocenters. The minimum absolute atomic E-state index is 0.0139. The summed E-state index contributed by atoms with van der Waals surface area (Å²) in [5, 5.41) is 18.4. The number of pyridine rings is 1. The molecule has 2 aromatic carbocycles. The van der Waals surface area contributed by atoms with Gasteiger partial charge in [0.15, 0.2) is 5.11 Å². The quantitative estimate of drug-likeness (QED) is 0.172. The number of amides is 1. The Morgan fingerprint density at radius 2 is 1.90 bits per heavy atom. The predicted octanol–water partition coefficient (Wildman–Crippen LogP) is 5.86. The predicted molar refractivity (Wildman–Crippen MR) is 155 cm³/mol. The highest BCUT2D eigenvalue weighted by atomic mass is 32.1. The molecule has 0 saturated carbocycles. The number of rotatable bonds is 7. The van der Waals surface area contributed by atoms with Gasteiger partial charge in [-0.25, -0.2) is 0 Å². The fourth-order valence-electron chi connectivity index (χ4n) is 4.78. The molecule has 1 saturated heterocycles. The molecule has 3 heterocycles. The Morgan fingerprint density at radius 1 is 1.08 bits per heavy atom. The average molecular weight is 541 g/mol. The minimum Gasteiger partial charge on any atom is -0.351 e. The van der Waals surface area contributed by atoms with Crippen LogP contribution in [-0.2, 0) is 4.79 Å². The van der Waals surface area contributed by atoms with Gasteiger partial charge in [0.25, 0.3) is 5.69 Å². The number of aromatic nitrogens is 2. The molecule has 0 aliphatic carbocycles. The molecule has 1 amide bonds. The van der Waals surface area contributed by atoms with Crippen molar-refractivity contribution in [2.75, 3.05) is 10.2 Å². The number of benzene rings is 2. The van der Waals surface area contributed by atoms with Crippen molar-refractivity contribution in [3.63, 3.8) is 0 Å². The van der Waals surface area contributed by atoms with Gasteiger partial charge in [-0.15, -0.1) is 0 Å². The van der Waals surface area contributed by atoms with Gasteiger partial charge in [-0.1, -0.05) is 26.0 Å². The summed E-state index contributed by atoms with van der Waals surface area (Å²) in [6, 6.07) is 21.4. The molecule has 4 aromatic rings. The van der Waals surface area contributed by atoms with E-state index in [1.165, 1.54) is 6.07 Å². The Labute approximate surface area is 231 Å². The lowest BCUT2D eigenvalue weighted by atomic mass is 10.00. The van der Waals surface area contributed by atoms with Crippen molar-refractivity contribution < 1.29 is 9.72 Å². The van der Waals surface area contributed by atoms with E-state index in [1.54, 1.807) is 18.3 Å². The normalized spacial score (nSPS) is 16.8. The van der Waals surface area contributed by atoms with Crippen molar-refractivity contribution in [2.45, 2.75) is 32.9 Å². The Balaban J connectivity index is 1.61. The van der Waals surface area contributed by atoms with E-state index in [2.05, 4.69) is 15.6 Å². The monoisotopic (exact) mass is 540 g/mol. The number of carbonyl (C=O) groups is 1. The van der Waals surface area contributed by atoms with E-state index in [0.717, 1.165) is 28.3 Å². The van der Waals surface area contributed by atoms with Gasteiger partial charge < -0.3 is 20.1 Å². The van der Waals surface area contributed by atoms with Gasteiger partial charge in [-0.05, 0) is 73.2 Å². The highest BCUT2D eigenvalue weighted by Crippen LogP contribution is 2.43. The largest absolute Gasteiger partial charge is 0.351 e. The Hall–Kier alpha value is -4.57. The third kappa shape index (κ3) is 5.10. The number of carbonyl (C=O) groups excluding carboxylic acids is 1. The van der Waals surface area contributed by atoms with E-state index in [0.29, 0.717) is 10.8 Å². The first kappa shape index (κ1) is 26.1. The Morgan fingerprint density at radius 3 is 2.59 bits per heavy atom. The third-order valence-corrected chi connectivity index (χ3v) is 7.09. The number of nitrogens with zero attached hydrogens (tertiary/aromatic N) is 4.